The molecule has 0 fully saturated rings. The molecule has 1 aliphatic rings. The molecule has 122 valence electrons. The number of aliphatic hydroxyl groups is 1. The summed E-state index contributed by atoms with van der Waals surface area (Å²) < 4.78 is 5.11. The first-order chi connectivity index (χ1) is 11.5. The minimum atomic E-state index is -1.38. The van der Waals surface area contributed by atoms with Crippen molar-refractivity contribution in [2.75, 3.05) is 7.11 Å². The Morgan fingerprint density at radius 1 is 1.33 bits per heavy atom. The van der Waals surface area contributed by atoms with Gasteiger partial charge < -0.3 is 15.3 Å². The van der Waals surface area contributed by atoms with Gasteiger partial charge in [0.1, 0.15) is 11.4 Å². The molecule has 24 heavy (non-hydrogen) atoms. The average molecular weight is 322 g/mol. The van der Waals surface area contributed by atoms with E-state index in [0.29, 0.717) is 17.6 Å². The molecule has 0 atom stereocenters. The molecule has 1 aromatic carbocycles. The minimum Gasteiger partial charge on any atom is -0.497 e. The van der Waals surface area contributed by atoms with Gasteiger partial charge in [0.2, 0.25) is 0 Å². The van der Waals surface area contributed by atoms with E-state index in [1.807, 2.05) is 24.3 Å². The molecule has 0 saturated heterocycles. The molecule has 2 N–H and O–H groups in total. The monoisotopic (exact) mass is 322 g/mol. The van der Waals surface area contributed by atoms with Gasteiger partial charge in [0, 0.05) is 18.2 Å². The van der Waals surface area contributed by atoms with Gasteiger partial charge >= 0.3 is 0 Å². The standard InChI is InChI=1S/C19H18N2O3/c1-24-18-4-2-14(3-5-18)10-15(12-20)16(13-21)11-19(23)8-6-17(22)7-9-19/h2-9,12,20,23H,10-11H2,1H3. The Kier molecular flexibility index (Phi) is 5.46. The fourth-order valence-corrected chi connectivity index (χ4v) is 2.40. The number of methoxy groups -OCH3 is 1. The molecule has 0 aromatic heterocycles. The van der Waals surface area contributed by atoms with Crippen LogP contribution < -0.4 is 4.74 Å². The molecular weight excluding hydrogens is 304 g/mol. The minimum absolute atomic E-state index is 0.0185. The van der Waals surface area contributed by atoms with Gasteiger partial charge in [-0.25, -0.2) is 0 Å². The SMILES string of the molecule is COc1ccc(CC(C=N)=C(C#N)CC2(O)C=CC(=O)C=C2)cc1. The quantitative estimate of drug-likeness (QED) is 0.621. The average Bonchev–Trinajstić information content (AvgIpc) is 2.61. The highest BCUT2D eigenvalue weighted by molar-refractivity contribution is 6.00. The van der Waals surface area contributed by atoms with E-state index in [1.165, 1.54) is 24.3 Å². The van der Waals surface area contributed by atoms with E-state index in [4.69, 9.17) is 10.1 Å². The first-order valence-electron chi connectivity index (χ1n) is 7.40. The number of hydrogen-bond donors (Lipinski definition) is 2. The molecule has 1 aliphatic carbocycles. The molecule has 2 rings (SSSR count). The highest BCUT2D eigenvalue weighted by atomic mass is 16.5. The van der Waals surface area contributed by atoms with Crippen LogP contribution in [0.25, 0.3) is 0 Å². The van der Waals surface area contributed by atoms with Gasteiger partial charge in [0.15, 0.2) is 5.78 Å². The van der Waals surface area contributed by atoms with E-state index >= 15 is 0 Å². The topological polar surface area (TPSA) is 94.2 Å². The molecule has 0 heterocycles. The van der Waals surface area contributed by atoms with E-state index in [9.17, 15) is 15.2 Å². The molecule has 0 spiro atoms. The highest BCUT2D eigenvalue weighted by Crippen LogP contribution is 2.25. The summed E-state index contributed by atoms with van der Waals surface area (Å²) >= 11 is 0. The van der Waals surface area contributed by atoms with Crippen molar-refractivity contribution in [2.24, 2.45) is 0 Å². The summed E-state index contributed by atoms with van der Waals surface area (Å²) in [7, 11) is 1.59. The molecule has 0 amide bonds. The predicted molar refractivity (Wildman–Crippen MR) is 91.0 cm³/mol. The first kappa shape index (κ1) is 17.4. The molecule has 0 unspecified atom stereocenters. The van der Waals surface area contributed by atoms with Gasteiger partial charge in [-0.15, -0.1) is 0 Å². The van der Waals surface area contributed by atoms with E-state index in [0.717, 1.165) is 17.5 Å². The second kappa shape index (κ2) is 7.53. The second-order valence-electron chi connectivity index (χ2n) is 5.52. The number of nitriles is 1. The Morgan fingerprint density at radius 3 is 2.46 bits per heavy atom. The van der Waals surface area contributed by atoms with Crippen molar-refractivity contribution < 1.29 is 14.6 Å². The number of hydrogen-bond acceptors (Lipinski definition) is 5. The van der Waals surface area contributed by atoms with Crippen LogP contribution in [0.4, 0.5) is 0 Å². The van der Waals surface area contributed by atoms with Crippen LogP contribution in [0.15, 0.2) is 59.7 Å². The largest absolute Gasteiger partial charge is 0.497 e. The zero-order chi connectivity index (χ0) is 17.6. The second-order valence-corrected chi connectivity index (χ2v) is 5.52. The third kappa shape index (κ3) is 4.28. The molecule has 0 bridgehead atoms. The summed E-state index contributed by atoms with van der Waals surface area (Å²) in [6, 6.07) is 9.43. The smallest absolute Gasteiger partial charge is 0.178 e. The molecule has 0 radical (unpaired) electrons. The molecule has 1 aromatic rings. The lowest BCUT2D eigenvalue weighted by Crippen LogP contribution is -2.26. The lowest BCUT2D eigenvalue weighted by Gasteiger charge is -2.22. The number of rotatable bonds is 6. The fourth-order valence-electron chi connectivity index (χ4n) is 2.40. The Morgan fingerprint density at radius 2 is 1.96 bits per heavy atom. The number of nitrogens with one attached hydrogen (secondary N) is 1. The van der Waals surface area contributed by atoms with Crippen molar-refractivity contribution in [1.29, 1.82) is 10.7 Å². The fraction of sp³-hybridized carbons (Fsp3) is 0.211. The maximum Gasteiger partial charge on any atom is 0.178 e. The Balaban J connectivity index is 2.24. The molecule has 0 saturated carbocycles. The van der Waals surface area contributed by atoms with Gasteiger partial charge in [-0.3, -0.25) is 4.79 Å². The summed E-state index contributed by atoms with van der Waals surface area (Å²) in [6.45, 7) is 0. The van der Waals surface area contributed by atoms with Gasteiger partial charge in [-0.05, 0) is 54.0 Å². The van der Waals surface area contributed by atoms with Crippen molar-refractivity contribution in [1.82, 2.24) is 0 Å². The van der Waals surface area contributed by atoms with Crippen molar-refractivity contribution in [3.8, 4) is 11.8 Å². The third-order valence-electron chi connectivity index (χ3n) is 3.78. The predicted octanol–water partition coefficient (Wildman–Crippen LogP) is 2.52. The number of nitrogens with zero attached hydrogens (tertiary/aromatic N) is 1. The summed E-state index contributed by atoms with van der Waals surface area (Å²) in [6.07, 6.45) is 6.87. The number of ether oxygens (including phenoxy) is 1. The third-order valence-corrected chi connectivity index (χ3v) is 3.78. The van der Waals surface area contributed by atoms with Crippen LogP contribution in [0.1, 0.15) is 12.0 Å². The van der Waals surface area contributed by atoms with Crippen LogP contribution >= 0.6 is 0 Å². The van der Waals surface area contributed by atoms with Crippen LogP contribution in [0, 0.1) is 16.7 Å². The summed E-state index contributed by atoms with van der Waals surface area (Å²) in [5.41, 5.74) is 0.383. The van der Waals surface area contributed by atoms with Crippen molar-refractivity contribution >= 4 is 12.0 Å². The lowest BCUT2D eigenvalue weighted by atomic mass is 9.87. The van der Waals surface area contributed by atoms with Crippen LogP contribution in [0.2, 0.25) is 0 Å². The zero-order valence-corrected chi connectivity index (χ0v) is 13.3. The van der Waals surface area contributed by atoms with Crippen LogP contribution in [0.3, 0.4) is 0 Å². The van der Waals surface area contributed by atoms with Crippen LogP contribution in [0.5, 0.6) is 5.75 Å². The van der Waals surface area contributed by atoms with Crippen molar-refractivity contribution in [2.45, 2.75) is 18.4 Å². The number of benzene rings is 1. The number of carbonyl (C=O) groups excluding carboxylic acids is 1. The van der Waals surface area contributed by atoms with E-state index in [2.05, 4.69) is 6.07 Å². The summed E-state index contributed by atoms with van der Waals surface area (Å²) in [5.74, 6) is 0.531. The Labute approximate surface area is 140 Å². The van der Waals surface area contributed by atoms with Crippen LogP contribution in [-0.2, 0) is 11.2 Å². The maximum absolute atomic E-state index is 11.2. The number of carbonyl (C=O) groups is 1. The Hall–Kier alpha value is -2.97. The van der Waals surface area contributed by atoms with Crippen molar-refractivity contribution in [3.05, 3.63) is 65.3 Å². The van der Waals surface area contributed by atoms with Crippen LogP contribution in [-0.4, -0.2) is 29.8 Å². The molecule has 0 aliphatic heterocycles. The lowest BCUT2D eigenvalue weighted by molar-refractivity contribution is -0.110. The van der Waals surface area contributed by atoms with Crippen molar-refractivity contribution in [3.63, 3.8) is 0 Å². The summed E-state index contributed by atoms with van der Waals surface area (Å²) in [5, 5.41) is 27.5. The summed E-state index contributed by atoms with van der Waals surface area (Å²) in [4.78, 5) is 11.2. The number of ketones is 1. The van der Waals surface area contributed by atoms with Gasteiger partial charge in [-0.1, -0.05) is 12.1 Å². The van der Waals surface area contributed by atoms with Gasteiger partial charge in [0.05, 0.1) is 13.2 Å². The first-order valence-corrected chi connectivity index (χ1v) is 7.40. The highest BCUT2D eigenvalue weighted by Gasteiger charge is 2.26. The van der Waals surface area contributed by atoms with E-state index < -0.39 is 5.60 Å². The molecule has 5 heteroatoms. The van der Waals surface area contributed by atoms with Gasteiger partial charge in [0.25, 0.3) is 0 Å². The zero-order valence-electron chi connectivity index (χ0n) is 13.3. The maximum atomic E-state index is 11.2. The van der Waals surface area contributed by atoms with E-state index in [1.54, 1.807) is 7.11 Å². The Bertz CT molecular complexity index is 749. The van der Waals surface area contributed by atoms with E-state index in [-0.39, 0.29) is 12.2 Å². The normalized spacial score (nSPS) is 16.3. The number of allylic oxidation sites excluding steroid dienone is 3. The van der Waals surface area contributed by atoms with Gasteiger partial charge in [-0.2, -0.15) is 5.26 Å². The molecule has 5 nitrogen and oxygen atoms in total. The molecular formula is C19H18N2O3.